The number of hydrogen-bond donors (Lipinski definition) is 1. The van der Waals surface area contributed by atoms with Gasteiger partial charge in [-0.1, -0.05) is 5.11 Å². The molecule has 14 heavy (non-hydrogen) atoms. The monoisotopic (exact) mass is 193 g/mol. The summed E-state index contributed by atoms with van der Waals surface area (Å²) in [6.07, 6.45) is 1.28. The van der Waals surface area contributed by atoms with Crippen molar-refractivity contribution in [1.29, 1.82) is 0 Å². The highest BCUT2D eigenvalue weighted by Gasteiger charge is 2.12. The van der Waals surface area contributed by atoms with Crippen molar-refractivity contribution >= 4 is 17.3 Å². The lowest BCUT2D eigenvalue weighted by Crippen LogP contribution is -2.04. The van der Waals surface area contributed by atoms with Crippen LogP contribution >= 0.6 is 0 Å². The van der Waals surface area contributed by atoms with Crippen LogP contribution in [-0.4, -0.2) is 18.1 Å². The summed E-state index contributed by atoms with van der Waals surface area (Å²) in [6.45, 7) is 0. The van der Waals surface area contributed by atoms with E-state index in [0.717, 1.165) is 0 Å². The second-order valence-corrected chi connectivity index (χ2v) is 2.32. The second kappa shape index (κ2) is 4.11. The average Bonchev–Trinajstić information content (AvgIpc) is 2.17. The molecule has 1 rings (SSSR count). The van der Waals surface area contributed by atoms with Crippen molar-refractivity contribution < 1.29 is 9.53 Å². The molecule has 0 spiro atoms. The Morgan fingerprint density at radius 1 is 1.79 bits per heavy atom. The number of esters is 1. The molecule has 1 aromatic heterocycles. The molecule has 72 valence electrons. The average molecular weight is 193 g/mol. The molecule has 0 fully saturated rings. The van der Waals surface area contributed by atoms with Crippen LogP contribution < -0.4 is 5.73 Å². The normalized spacial score (nSPS) is 8.93. The van der Waals surface area contributed by atoms with Crippen LogP contribution in [0.25, 0.3) is 10.4 Å². The quantitative estimate of drug-likeness (QED) is 0.330. The molecule has 0 saturated heterocycles. The van der Waals surface area contributed by atoms with Gasteiger partial charge in [0, 0.05) is 4.91 Å². The highest BCUT2D eigenvalue weighted by atomic mass is 16.5. The van der Waals surface area contributed by atoms with E-state index in [1.165, 1.54) is 19.4 Å². The lowest BCUT2D eigenvalue weighted by Gasteiger charge is -2.02. The Morgan fingerprint density at radius 3 is 3.07 bits per heavy atom. The fraction of sp³-hybridized carbons (Fsp3) is 0.143. The second-order valence-electron chi connectivity index (χ2n) is 2.32. The molecule has 0 aliphatic heterocycles. The maximum absolute atomic E-state index is 11.1. The summed E-state index contributed by atoms with van der Waals surface area (Å²) in [5, 5.41) is 3.27. The van der Waals surface area contributed by atoms with Crippen LogP contribution in [0.2, 0.25) is 0 Å². The number of ether oxygens (including phenoxy) is 1. The molecule has 7 nitrogen and oxygen atoms in total. The lowest BCUT2D eigenvalue weighted by atomic mass is 10.3. The number of azide groups is 1. The van der Waals surface area contributed by atoms with Crippen LogP contribution in [-0.2, 0) is 4.74 Å². The summed E-state index contributed by atoms with van der Waals surface area (Å²) < 4.78 is 4.44. The fourth-order valence-electron chi connectivity index (χ4n) is 0.847. The zero-order valence-electron chi connectivity index (χ0n) is 7.34. The standard InChI is InChI=1S/C7H7N5O2/c1-14-7(13)6-5(11-12-9)2-4(8)3-10-6/h2-3H,8H2,1H3. The smallest absolute Gasteiger partial charge is 0.357 e. The van der Waals surface area contributed by atoms with Crippen LogP contribution in [0.1, 0.15) is 10.5 Å². The van der Waals surface area contributed by atoms with Gasteiger partial charge in [0.25, 0.3) is 0 Å². The van der Waals surface area contributed by atoms with Crippen molar-refractivity contribution in [3.8, 4) is 0 Å². The first kappa shape index (κ1) is 9.82. The number of rotatable bonds is 2. The molecular formula is C7H7N5O2. The van der Waals surface area contributed by atoms with Crippen molar-refractivity contribution in [1.82, 2.24) is 4.98 Å². The molecule has 1 aromatic rings. The van der Waals surface area contributed by atoms with Crippen LogP contribution in [0, 0.1) is 0 Å². The number of nitrogens with zero attached hydrogens (tertiary/aromatic N) is 4. The number of pyridine rings is 1. The third-order valence-corrected chi connectivity index (χ3v) is 1.42. The number of carbonyl (C=O) groups is 1. The minimum Gasteiger partial charge on any atom is -0.464 e. The Labute approximate surface area is 79.1 Å². The Balaban J connectivity index is 3.28. The van der Waals surface area contributed by atoms with Crippen molar-refractivity contribution in [3.05, 3.63) is 28.4 Å². The number of aromatic nitrogens is 1. The van der Waals surface area contributed by atoms with Gasteiger partial charge in [-0.2, -0.15) is 0 Å². The summed E-state index contributed by atoms with van der Waals surface area (Å²) >= 11 is 0. The predicted molar refractivity (Wildman–Crippen MR) is 48.8 cm³/mol. The Bertz CT molecular complexity index is 411. The highest BCUT2D eigenvalue weighted by Crippen LogP contribution is 2.20. The third-order valence-electron chi connectivity index (χ3n) is 1.42. The first-order valence-electron chi connectivity index (χ1n) is 3.58. The van der Waals surface area contributed by atoms with E-state index in [2.05, 4.69) is 19.7 Å². The van der Waals surface area contributed by atoms with E-state index >= 15 is 0 Å². The predicted octanol–water partition coefficient (Wildman–Crippen LogP) is 1.39. The maximum Gasteiger partial charge on any atom is 0.357 e. The van der Waals surface area contributed by atoms with E-state index in [1.807, 2.05) is 0 Å². The molecule has 0 aromatic carbocycles. The molecule has 0 saturated carbocycles. The molecule has 7 heteroatoms. The molecule has 2 N–H and O–H groups in total. The van der Waals surface area contributed by atoms with E-state index in [9.17, 15) is 4.79 Å². The van der Waals surface area contributed by atoms with Gasteiger partial charge in [0.2, 0.25) is 0 Å². The number of hydrogen-bond acceptors (Lipinski definition) is 5. The number of carbonyl (C=O) groups excluding carboxylic acids is 1. The largest absolute Gasteiger partial charge is 0.464 e. The number of anilines is 1. The van der Waals surface area contributed by atoms with Gasteiger partial charge in [-0.25, -0.2) is 9.78 Å². The summed E-state index contributed by atoms with van der Waals surface area (Å²) in [4.78, 5) is 17.4. The summed E-state index contributed by atoms with van der Waals surface area (Å²) in [7, 11) is 1.21. The SMILES string of the molecule is COC(=O)c1ncc(N)cc1N=[N+]=[N-]. The van der Waals surface area contributed by atoms with Crippen molar-refractivity contribution in [2.45, 2.75) is 0 Å². The minimum absolute atomic E-state index is 0.0550. The van der Waals surface area contributed by atoms with Gasteiger partial charge >= 0.3 is 5.97 Å². The molecule has 0 aliphatic rings. The Hall–Kier alpha value is -2.27. The van der Waals surface area contributed by atoms with Crippen LogP contribution in [0.4, 0.5) is 11.4 Å². The molecule has 0 aliphatic carbocycles. The Morgan fingerprint density at radius 2 is 2.50 bits per heavy atom. The Kier molecular flexibility index (Phi) is 2.88. The number of nitrogen functional groups attached to an aromatic ring is 1. The van der Waals surface area contributed by atoms with Crippen molar-refractivity contribution in [3.63, 3.8) is 0 Å². The van der Waals surface area contributed by atoms with E-state index in [1.54, 1.807) is 0 Å². The zero-order valence-corrected chi connectivity index (χ0v) is 7.34. The van der Waals surface area contributed by atoms with Gasteiger partial charge in [0.15, 0.2) is 5.69 Å². The topological polar surface area (TPSA) is 114 Å². The van der Waals surface area contributed by atoms with Gasteiger partial charge in [-0.15, -0.1) is 0 Å². The first-order chi connectivity index (χ1) is 6.69. The fourth-order valence-corrected chi connectivity index (χ4v) is 0.847. The summed E-state index contributed by atoms with van der Waals surface area (Å²) in [6, 6.07) is 1.35. The molecule has 0 bridgehead atoms. The third kappa shape index (κ3) is 1.90. The highest BCUT2D eigenvalue weighted by molar-refractivity contribution is 5.93. The van der Waals surface area contributed by atoms with Crippen LogP contribution in [0.15, 0.2) is 17.4 Å². The van der Waals surface area contributed by atoms with Gasteiger partial charge in [0.05, 0.1) is 24.7 Å². The molecule has 0 radical (unpaired) electrons. The molecule has 1 heterocycles. The van der Waals surface area contributed by atoms with Crippen molar-refractivity contribution in [2.24, 2.45) is 5.11 Å². The number of nitrogens with two attached hydrogens (primary N) is 1. The molecule has 0 unspecified atom stereocenters. The van der Waals surface area contributed by atoms with Gasteiger partial charge in [-0.3, -0.25) is 0 Å². The van der Waals surface area contributed by atoms with E-state index in [0.29, 0.717) is 5.69 Å². The maximum atomic E-state index is 11.1. The van der Waals surface area contributed by atoms with E-state index < -0.39 is 5.97 Å². The van der Waals surface area contributed by atoms with Crippen molar-refractivity contribution in [2.75, 3.05) is 12.8 Å². The zero-order chi connectivity index (χ0) is 10.6. The van der Waals surface area contributed by atoms with Gasteiger partial charge in [0.1, 0.15) is 0 Å². The molecule has 0 amide bonds. The first-order valence-corrected chi connectivity index (χ1v) is 3.58. The summed E-state index contributed by atoms with van der Waals surface area (Å²) in [5.41, 5.74) is 13.9. The van der Waals surface area contributed by atoms with E-state index in [4.69, 9.17) is 11.3 Å². The molecular weight excluding hydrogens is 186 g/mol. The number of methoxy groups -OCH3 is 1. The van der Waals surface area contributed by atoms with Gasteiger partial charge < -0.3 is 10.5 Å². The van der Waals surface area contributed by atoms with E-state index in [-0.39, 0.29) is 11.4 Å². The van der Waals surface area contributed by atoms with Gasteiger partial charge in [-0.05, 0) is 11.6 Å². The summed E-state index contributed by atoms with van der Waals surface area (Å²) in [5.74, 6) is -0.674. The molecule has 0 atom stereocenters. The minimum atomic E-state index is -0.674. The van der Waals surface area contributed by atoms with Crippen LogP contribution in [0.3, 0.4) is 0 Å². The lowest BCUT2D eigenvalue weighted by molar-refractivity contribution is 0.0595. The van der Waals surface area contributed by atoms with Crippen LogP contribution in [0.5, 0.6) is 0 Å².